The molecule has 0 saturated heterocycles. The lowest BCUT2D eigenvalue weighted by Crippen LogP contribution is -2.15. The number of esters is 1. The molecule has 0 atom stereocenters. The highest BCUT2D eigenvalue weighted by atomic mass is 35.5. The van der Waals surface area contributed by atoms with Crippen LogP contribution in [0, 0.1) is 5.92 Å². The predicted molar refractivity (Wildman–Crippen MR) is 58.9 cm³/mol. The van der Waals surface area contributed by atoms with E-state index in [0.29, 0.717) is 10.8 Å². The molecule has 0 saturated carbocycles. The lowest BCUT2D eigenvalue weighted by atomic mass is 10.2. The summed E-state index contributed by atoms with van der Waals surface area (Å²) in [4.78, 5) is 11.5. The average Bonchev–Trinajstić information content (AvgIpc) is 2.74. The van der Waals surface area contributed by atoms with Crippen LogP contribution in [-0.2, 0) is 4.79 Å². The minimum Gasteiger partial charge on any atom is -0.426 e. The summed E-state index contributed by atoms with van der Waals surface area (Å²) in [7, 11) is 0. The molecule has 0 bridgehead atoms. The topological polar surface area (TPSA) is 26.3 Å². The molecule has 0 aliphatic heterocycles. The van der Waals surface area contributed by atoms with Gasteiger partial charge in [-0.1, -0.05) is 35.9 Å². The summed E-state index contributed by atoms with van der Waals surface area (Å²) in [5.74, 6) is -0.0268. The highest BCUT2D eigenvalue weighted by Gasteiger charge is 2.16. The van der Waals surface area contributed by atoms with Crippen LogP contribution in [0.4, 0.5) is 0 Å². The molecular formula is C12H9ClO2. The highest BCUT2D eigenvalue weighted by molar-refractivity contribution is 6.30. The summed E-state index contributed by atoms with van der Waals surface area (Å²) >= 11 is 5.71. The van der Waals surface area contributed by atoms with Gasteiger partial charge in [0, 0.05) is 5.02 Å². The number of carbonyl (C=O) groups is 1. The number of halogens is 1. The Kier molecular flexibility index (Phi) is 2.88. The fourth-order valence-corrected chi connectivity index (χ4v) is 1.40. The van der Waals surface area contributed by atoms with Gasteiger partial charge in [0.25, 0.3) is 0 Å². The third-order valence-corrected chi connectivity index (χ3v) is 2.30. The average molecular weight is 221 g/mol. The Labute approximate surface area is 92.8 Å². The van der Waals surface area contributed by atoms with Crippen molar-refractivity contribution < 1.29 is 9.53 Å². The highest BCUT2D eigenvalue weighted by Crippen LogP contribution is 2.18. The van der Waals surface area contributed by atoms with Crippen molar-refractivity contribution in [2.24, 2.45) is 5.92 Å². The van der Waals surface area contributed by atoms with Crippen LogP contribution in [0.1, 0.15) is 0 Å². The number of ether oxygens (including phenoxy) is 1. The molecule has 0 heterocycles. The smallest absolute Gasteiger partial charge is 0.322 e. The molecule has 3 heteroatoms. The quantitative estimate of drug-likeness (QED) is 0.566. The van der Waals surface area contributed by atoms with E-state index in [9.17, 15) is 4.79 Å². The molecule has 1 aliphatic carbocycles. The second-order valence-corrected chi connectivity index (χ2v) is 3.61. The maximum atomic E-state index is 11.5. The van der Waals surface area contributed by atoms with E-state index >= 15 is 0 Å². The maximum Gasteiger partial charge on any atom is 0.322 e. The van der Waals surface area contributed by atoms with Crippen LogP contribution in [0.3, 0.4) is 0 Å². The largest absolute Gasteiger partial charge is 0.426 e. The van der Waals surface area contributed by atoms with Gasteiger partial charge in [0.2, 0.25) is 0 Å². The summed E-state index contributed by atoms with van der Waals surface area (Å²) in [5.41, 5.74) is 0. The maximum absolute atomic E-state index is 11.5. The fourth-order valence-electron chi connectivity index (χ4n) is 1.28. The van der Waals surface area contributed by atoms with E-state index < -0.39 is 0 Å². The Morgan fingerprint density at radius 1 is 1.13 bits per heavy atom. The molecule has 0 fully saturated rings. The van der Waals surface area contributed by atoms with Gasteiger partial charge in [-0.15, -0.1) is 0 Å². The molecule has 0 spiro atoms. The van der Waals surface area contributed by atoms with E-state index in [2.05, 4.69) is 0 Å². The molecule has 0 N–H and O–H groups in total. The lowest BCUT2D eigenvalue weighted by Gasteiger charge is -2.06. The first kappa shape index (κ1) is 9.99. The van der Waals surface area contributed by atoms with Gasteiger partial charge in [0.05, 0.1) is 5.92 Å². The van der Waals surface area contributed by atoms with Gasteiger partial charge in [-0.2, -0.15) is 0 Å². The number of rotatable bonds is 2. The summed E-state index contributed by atoms with van der Waals surface area (Å²) < 4.78 is 5.15. The van der Waals surface area contributed by atoms with Crippen LogP contribution in [0.15, 0.2) is 48.6 Å². The van der Waals surface area contributed by atoms with Crippen LogP contribution in [-0.4, -0.2) is 5.97 Å². The van der Waals surface area contributed by atoms with Crippen molar-refractivity contribution in [1.82, 2.24) is 0 Å². The standard InChI is InChI=1S/C12H9ClO2/c13-10-5-7-11(8-6-10)15-12(14)9-3-1-2-4-9/h1-9H. The van der Waals surface area contributed by atoms with Crippen LogP contribution < -0.4 is 4.74 Å². The van der Waals surface area contributed by atoms with E-state index in [1.165, 1.54) is 0 Å². The molecule has 1 aliphatic rings. The van der Waals surface area contributed by atoms with Gasteiger partial charge < -0.3 is 4.74 Å². The summed E-state index contributed by atoms with van der Waals surface area (Å²) in [6.45, 7) is 0. The van der Waals surface area contributed by atoms with Crippen LogP contribution >= 0.6 is 11.6 Å². The Bertz CT molecular complexity index is 406. The first-order chi connectivity index (χ1) is 7.25. The molecule has 0 amide bonds. The second kappa shape index (κ2) is 4.32. The number of carbonyl (C=O) groups excluding carboxylic acids is 1. The van der Waals surface area contributed by atoms with Gasteiger partial charge in [-0.05, 0) is 24.3 Å². The number of benzene rings is 1. The normalized spacial score (nSPS) is 14.5. The van der Waals surface area contributed by atoms with Gasteiger partial charge >= 0.3 is 5.97 Å². The molecule has 0 aromatic heterocycles. The van der Waals surface area contributed by atoms with Crippen molar-refractivity contribution >= 4 is 17.6 Å². The third kappa shape index (κ3) is 2.48. The van der Waals surface area contributed by atoms with Crippen molar-refractivity contribution in [1.29, 1.82) is 0 Å². The van der Waals surface area contributed by atoms with Gasteiger partial charge in [-0.3, -0.25) is 4.79 Å². The monoisotopic (exact) mass is 220 g/mol. The van der Waals surface area contributed by atoms with Gasteiger partial charge in [0.1, 0.15) is 5.75 Å². The third-order valence-electron chi connectivity index (χ3n) is 2.05. The Morgan fingerprint density at radius 3 is 2.33 bits per heavy atom. The summed E-state index contributed by atoms with van der Waals surface area (Å²) in [6.07, 6.45) is 7.23. The summed E-state index contributed by atoms with van der Waals surface area (Å²) in [5, 5.41) is 0.621. The van der Waals surface area contributed by atoms with Crippen LogP contribution in [0.5, 0.6) is 5.75 Å². The van der Waals surface area contributed by atoms with Crippen molar-refractivity contribution in [3.8, 4) is 5.75 Å². The zero-order valence-electron chi connectivity index (χ0n) is 7.89. The predicted octanol–water partition coefficient (Wildman–Crippen LogP) is 2.99. The molecule has 1 aromatic rings. The lowest BCUT2D eigenvalue weighted by molar-refractivity contribution is -0.135. The molecule has 1 aromatic carbocycles. The molecule has 15 heavy (non-hydrogen) atoms. The van der Waals surface area contributed by atoms with E-state index in [4.69, 9.17) is 16.3 Å². The van der Waals surface area contributed by atoms with E-state index in [1.54, 1.807) is 36.4 Å². The number of hydrogen-bond acceptors (Lipinski definition) is 2. The number of allylic oxidation sites excluding steroid dienone is 2. The van der Waals surface area contributed by atoms with Crippen molar-refractivity contribution in [3.05, 3.63) is 53.6 Å². The zero-order chi connectivity index (χ0) is 10.7. The Morgan fingerprint density at radius 2 is 1.73 bits per heavy atom. The van der Waals surface area contributed by atoms with E-state index in [0.717, 1.165) is 0 Å². The first-order valence-electron chi connectivity index (χ1n) is 4.58. The SMILES string of the molecule is O=C(Oc1ccc(Cl)cc1)C1C=CC=C1. The van der Waals surface area contributed by atoms with Gasteiger partial charge in [0.15, 0.2) is 0 Å². The van der Waals surface area contributed by atoms with Crippen molar-refractivity contribution in [2.45, 2.75) is 0 Å². The van der Waals surface area contributed by atoms with Crippen LogP contribution in [0.25, 0.3) is 0 Å². The van der Waals surface area contributed by atoms with Crippen molar-refractivity contribution in [2.75, 3.05) is 0 Å². The zero-order valence-corrected chi connectivity index (χ0v) is 8.65. The minimum atomic E-state index is -0.276. The van der Waals surface area contributed by atoms with Crippen molar-refractivity contribution in [3.63, 3.8) is 0 Å². The second-order valence-electron chi connectivity index (χ2n) is 3.17. The van der Waals surface area contributed by atoms with E-state index in [-0.39, 0.29) is 11.9 Å². The molecule has 0 unspecified atom stereocenters. The first-order valence-corrected chi connectivity index (χ1v) is 4.96. The fraction of sp³-hybridized carbons (Fsp3) is 0.0833. The Hall–Kier alpha value is -1.54. The van der Waals surface area contributed by atoms with Gasteiger partial charge in [-0.25, -0.2) is 0 Å². The molecule has 2 nitrogen and oxygen atoms in total. The molecule has 0 radical (unpaired) electrons. The Balaban J connectivity index is 2.02. The molecule has 76 valence electrons. The molecule has 2 rings (SSSR count). The number of hydrogen-bond donors (Lipinski definition) is 0. The van der Waals surface area contributed by atoms with Crippen LogP contribution in [0.2, 0.25) is 5.02 Å². The minimum absolute atomic E-state index is 0.263. The summed E-state index contributed by atoms with van der Waals surface area (Å²) in [6, 6.07) is 6.71. The molecular weight excluding hydrogens is 212 g/mol. The van der Waals surface area contributed by atoms with E-state index in [1.807, 2.05) is 12.2 Å².